The molecule has 0 radical (unpaired) electrons. The maximum atomic E-state index is 13.2. The second kappa shape index (κ2) is 7.48. The number of anilines is 1. The molecule has 0 aliphatic heterocycles. The zero-order chi connectivity index (χ0) is 17.9. The van der Waals surface area contributed by atoms with Gasteiger partial charge in [0.15, 0.2) is 0 Å². The van der Waals surface area contributed by atoms with Gasteiger partial charge in [0.25, 0.3) is 10.0 Å². The quantitative estimate of drug-likeness (QED) is 0.584. The van der Waals surface area contributed by atoms with Crippen LogP contribution in [0.4, 0.5) is 5.69 Å². The summed E-state index contributed by atoms with van der Waals surface area (Å²) in [6, 6.07) is 22.3. The highest BCUT2D eigenvalue weighted by atomic mass is 35.5. The fraction of sp³-hybridized carbons (Fsp3) is 0.0526. The number of nitrogens with zero attached hydrogens (tertiary/aromatic N) is 1. The monoisotopic (exact) mass is 391 g/mol. The van der Waals surface area contributed by atoms with Gasteiger partial charge in [-0.3, -0.25) is 4.31 Å². The Kier molecular flexibility index (Phi) is 5.33. The van der Waals surface area contributed by atoms with Gasteiger partial charge in [-0.15, -0.1) is 0 Å². The largest absolute Gasteiger partial charge is 0.264 e. The summed E-state index contributed by atoms with van der Waals surface area (Å²) in [6.07, 6.45) is 0. The Labute approximate surface area is 157 Å². The molecule has 0 aromatic heterocycles. The van der Waals surface area contributed by atoms with E-state index in [9.17, 15) is 8.42 Å². The topological polar surface area (TPSA) is 37.4 Å². The first kappa shape index (κ1) is 17.8. The van der Waals surface area contributed by atoms with Crippen molar-refractivity contribution in [2.75, 3.05) is 4.31 Å². The van der Waals surface area contributed by atoms with Crippen LogP contribution < -0.4 is 4.31 Å². The molecular weight excluding hydrogens is 377 g/mol. The molecule has 0 atom stereocenters. The highest BCUT2D eigenvalue weighted by Crippen LogP contribution is 2.27. The van der Waals surface area contributed by atoms with Gasteiger partial charge in [0.05, 0.1) is 17.1 Å². The summed E-state index contributed by atoms with van der Waals surface area (Å²) < 4.78 is 27.7. The molecule has 0 spiro atoms. The zero-order valence-electron chi connectivity index (χ0n) is 13.1. The van der Waals surface area contributed by atoms with Crippen molar-refractivity contribution < 1.29 is 8.42 Å². The van der Waals surface area contributed by atoms with E-state index in [-0.39, 0.29) is 11.4 Å². The van der Waals surface area contributed by atoms with E-state index < -0.39 is 10.0 Å². The van der Waals surface area contributed by atoms with E-state index in [0.29, 0.717) is 15.7 Å². The summed E-state index contributed by atoms with van der Waals surface area (Å²) in [5.74, 6) is 0. The van der Waals surface area contributed by atoms with Crippen LogP contribution in [0.2, 0.25) is 10.0 Å². The normalized spacial score (nSPS) is 11.3. The molecule has 0 bridgehead atoms. The highest BCUT2D eigenvalue weighted by Gasteiger charge is 2.25. The predicted octanol–water partition coefficient (Wildman–Crippen LogP) is 5.39. The van der Waals surface area contributed by atoms with Crippen molar-refractivity contribution in [3.8, 4) is 0 Å². The summed E-state index contributed by atoms with van der Waals surface area (Å²) in [5.41, 5.74) is 1.43. The third-order valence-corrected chi connectivity index (χ3v) is 5.98. The molecule has 3 aromatic rings. The molecule has 0 saturated carbocycles. The van der Waals surface area contributed by atoms with Crippen molar-refractivity contribution in [2.45, 2.75) is 11.4 Å². The van der Waals surface area contributed by atoms with E-state index in [1.165, 1.54) is 16.4 Å². The molecular formula is C19H15Cl2NO2S. The molecule has 0 saturated heterocycles. The van der Waals surface area contributed by atoms with E-state index >= 15 is 0 Å². The van der Waals surface area contributed by atoms with Crippen molar-refractivity contribution >= 4 is 38.9 Å². The average Bonchev–Trinajstić information content (AvgIpc) is 2.62. The van der Waals surface area contributed by atoms with Crippen LogP contribution in [0.25, 0.3) is 0 Å². The van der Waals surface area contributed by atoms with Crippen molar-refractivity contribution in [1.29, 1.82) is 0 Å². The van der Waals surface area contributed by atoms with Crippen LogP contribution in [0.15, 0.2) is 83.8 Å². The number of hydrogen-bond donors (Lipinski definition) is 0. The van der Waals surface area contributed by atoms with Crippen molar-refractivity contribution in [1.82, 2.24) is 0 Å². The van der Waals surface area contributed by atoms with E-state index in [4.69, 9.17) is 23.2 Å². The standard InChI is InChI=1S/C19H15Cl2NO2S/c20-16-8-6-15(7-9-16)14-22(18-4-2-1-3-5-18)25(23,24)19-12-10-17(21)11-13-19/h1-13H,14H2. The SMILES string of the molecule is O=S(=O)(c1ccc(Cl)cc1)N(Cc1ccc(Cl)cc1)c1ccccc1. The average molecular weight is 392 g/mol. The molecule has 0 aliphatic carbocycles. The van der Waals surface area contributed by atoms with Crippen LogP contribution >= 0.6 is 23.2 Å². The molecule has 0 unspecified atom stereocenters. The molecule has 0 N–H and O–H groups in total. The molecule has 3 nitrogen and oxygen atoms in total. The molecule has 3 rings (SSSR count). The van der Waals surface area contributed by atoms with E-state index in [1.54, 1.807) is 36.4 Å². The summed E-state index contributed by atoms with van der Waals surface area (Å²) >= 11 is 11.8. The van der Waals surface area contributed by atoms with Gasteiger partial charge >= 0.3 is 0 Å². The summed E-state index contributed by atoms with van der Waals surface area (Å²) in [6.45, 7) is 0.201. The highest BCUT2D eigenvalue weighted by molar-refractivity contribution is 7.92. The first-order chi connectivity index (χ1) is 12.0. The fourth-order valence-corrected chi connectivity index (χ4v) is 4.10. The van der Waals surface area contributed by atoms with Crippen molar-refractivity contribution in [2.24, 2.45) is 0 Å². The lowest BCUT2D eigenvalue weighted by Crippen LogP contribution is -2.30. The van der Waals surface area contributed by atoms with Gasteiger partial charge in [-0.2, -0.15) is 0 Å². The Morgan fingerprint density at radius 3 is 1.80 bits per heavy atom. The lowest BCUT2D eigenvalue weighted by molar-refractivity contribution is 0.590. The predicted molar refractivity (Wildman–Crippen MR) is 103 cm³/mol. The Hall–Kier alpha value is -2.01. The number of sulfonamides is 1. The Morgan fingerprint density at radius 2 is 1.24 bits per heavy atom. The maximum absolute atomic E-state index is 13.2. The van der Waals surface area contributed by atoms with Crippen LogP contribution in [-0.2, 0) is 16.6 Å². The van der Waals surface area contributed by atoms with Crippen LogP contribution in [0.1, 0.15) is 5.56 Å². The molecule has 6 heteroatoms. The number of rotatable bonds is 5. The fourth-order valence-electron chi connectivity index (χ4n) is 2.40. The first-order valence-corrected chi connectivity index (χ1v) is 9.74. The minimum Gasteiger partial charge on any atom is -0.262 e. The molecule has 0 heterocycles. The Balaban J connectivity index is 2.04. The zero-order valence-corrected chi connectivity index (χ0v) is 15.5. The summed E-state index contributed by atoms with van der Waals surface area (Å²) in [5, 5.41) is 1.10. The maximum Gasteiger partial charge on any atom is 0.264 e. The van der Waals surface area contributed by atoms with Crippen LogP contribution in [0.5, 0.6) is 0 Å². The lowest BCUT2D eigenvalue weighted by Gasteiger charge is -2.24. The molecule has 3 aromatic carbocycles. The lowest BCUT2D eigenvalue weighted by atomic mass is 10.2. The molecule has 0 aliphatic rings. The minimum absolute atomic E-state index is 0.190. The van der Waals surface area contributed by atoms with Gasteiger partial charge in [-0.1, -0.05) is 53.5 Å². The Bertz CT molecular complexity index is 941. The van der Waals surface area contributed by atoms with Gasteiger partial charge < -0.3 is 0 Å². The van der Waals surface area contributed by atoms with Crippen LogP contribution in [-0.4, -0.2) is 8.42 Å². The van der Waals surface area contributed by atoms with Gasteiger partial charge in [0, 0.05) is 10.0 Å². The minimum atomic E-state index is -3.74. The van der Waals surface area contributed by atoms with E-state index in [2.05, 4.69) is 0 Å². The van der Waals surface area contributed by atoms with Gasteiger partial charge in [0.1, 0.15) is 0 Å². The van der Waals surface area contributed by atoms with Crippen LogP contribution in [0.3, 0.4) is 0 Å². The number of para-hydroxylation sites is 1. The molecule has 25 heavy (non-hydrogen) atoms. The van der Waals surface area contributed by atoms with Crippen molar-refractivity contribution in [3.05, 3.63) is 94.5 Å². The second-order valence-electron chi connectivity index (χ2n) is 5.43. The molecule has 0 amide bonds. The third-order valence-electron chi connectivity index (χ3n) is 3.69. The third kappa shape index (κ3) is 4.15. The van der Waals surface area contributed by atoms with Gasteiger partial charge in [-0.25, -0.2) is 8.42 Å². The molecule has 128 valence electrons. The van der Waals surface area contributed by atoms with E-state index in [1.807, 2.05) is 30.3 Å². The van der Waals surface area contributed by atoms with Crippen LogP contribution in [0, 0.1) is 0 Å². The van der Waals surface area contributed by atoms with E-state index in [0.717, 1.165) is 5.56 Å². The number of halogens is 2. The van der Waals surface area contributed by atoms with Crippen molar-refractivity contribution in [3.63, 3.8) is 0 Å². The number of hydrogen-bond acceptors (Lipinski definition) is 2. The summed E-state index contributed by atoms with van der Waals surface area (Å²) in [7, 11) is -3.74. The van der Waals surface area contributed by atoms with Gasteiger partial charge in [-0.05, 0) is 54.1 Å². The first-order valence-electron chi connectivity index (χ1n) is 7.54. The second-order valence-corrected chi connectivity index (χ2v) is 8.16. The number of benzene rings is 3. The van der Waals surface area contributed by atoms with Gasteiger partial charge in [0.2, 0.25) is 0 Å². The summed E-state index contributed by atoms with van der Waals surface area (Å²) in [4.78, 5) is 0.190. The smallest absolute Gasteiger partial charge is 0.262 e. The Morgan fingerprint density at radius 1 is 0.720 bits per heavy atom. The molecule has 0 fully saturated rings.